The third-order valence-corrected chi connectivity index (χ3v) is 4.32. The van der Waals surface area contributed by atoms with E-state index >= 15 is 0 Å². The summed E-state index contributed by atoms with van der Waals surface area (Å²) in [6, 6.07) is 9.76. The van der Waals surface area contributed by atoms with Crippen molar-refractivity contribution in [3.63, 3.8) is 0 Å². The molecule has 0 saturated heterocycles. The number of H-pyrrole nitrogens is 1. The molecule has 1 aromatic heterocycles. The number of amides is 3. The fourth-order valence-corrected chi connectivity index (χ4v) is 2.71. The molecule has 2 aromatic carbocycles. The van der Waals surface area contributed by atoms with Crippen LogP contribution in [0.1, 0.15) is 31.3 Å². The van der Waals surface area contributed by atoms with Crippen molar-refractivity contribution in [1.82, 2.24) is 9.97 Å². The molecule has 0 atom stereocenters. The molecule has 0 unspecified atom stereocenters. The van der Waals surface area contributed by atoms with Gasteiger partial charge in [0, 0.05) is 24.4 Å². The Kier molecular flexibility index (Phi) is 5.77. The normalized spacial score (nSPS) is 10.4. The second-order valence-electron chi connectivity index (χ2n) is 6.20. The Labute approximate surface area is 170 Å². The van der Waals surface area contributed by atoms with Gasteiger partial charge in [0.25, 0.3) is 17.7 Å². The third kappa shape index (κ3) is 4.12. The van der Waals surface area contributed by atoms with Gasteiger partial charge in [-0.2, -0.15) is 0 Å². The first-order chi connectivity index (χ1) is 14.3. The maximum Gasteiger partial charge on any atom is 0.279 e. The molecule has 3 rings (SSSR count). The van der Waals surface area contributed by atoms with Crippen LogP contribution in [0, 0.1) is 5.82 Å². The standard InChI is InChI=1S/C20H18FN5O4/c1-26(20(29)17-16(18(22)27)23-10-24-17)13-7-8-14(15(9-13)30-2)25-19(28)11-3-5-12(21)6-4-11/h3-10H,1-2H3,(H2,22,27)(H,23,24)(H,25,28). The Balaban J connectivity index is 1.83. The summed E-state index contributed by atoms with van der Waals surface area (Å²) in [6.45, 7) is 0. The zero-order chi connectivity index (χ0) is 21.8. The highest BCUT2D eigenvalue weighted by atomic mass is 19.1. The summed E-state index contributed by atoms with van der Waals surface area (Å²) in [4.78, 5) is 44.2. The van der Waals surface area contributed by atoms with E-state index in [1.807, 2.05) is 0 Å². The van der Waals surface area contributed by atoms with Gasteiger partial charge < -0.3 is 25.7 Å². The average molecular weight is 411 g/mol. The maximum absolute atomic E-state index is 13.0. The van der Waals surface area contributed by atoms with E-state index in [9.17, 15) is 18.8 Å². The Morgan fingerprint density at radius 3 is 2.50 bits per heavy atom. The topological polar surface area (TPSA) is 130 Å². The first kappa shape index (κ1) is 20.5. The summed E-state index contributed by atoms with van der Waals surface area (Å²) < 4.78 is 18.4. The summed E-state index contributed by atoms with van der Waals surface area (Å²) >= 11 is 0. The molecular weight excluding hydrogens is 393 g/mol. The highest BCUT2D eigenvalue weighted by Gasteiger charge is 2.23. The lowest BCUT2D eigenvalue weighted by atomic mass is 10.2. The molecule has 0 fully saturated rings. The second-order valence-corrected chi connectivity index (χ2v) is 6.20. The predicted molar refractivity (Wildman–Crippen MR) is 107 cm³/mol. The van der Waals surface area contributed by atoms with E-state index in [-0.39, 0.29) is 17.0 Å². The van der Waals surface area contributed by atoms with E-state index in [1.54, 1.807) is 12.1 Å². The molecule has 9 nitrogen and oxygen atoms in total. The van der Waals surface area contributed by atoms with Crippen molar-refractivity contribution in [2.75, 3.05) is 24.4 Å². The van der Waals surface area contributed by atoms with Crippen molar-refractivity contribution in [2.45, 2.75) is 0 Å². The molecule has 3 aromatic rings. The summed E-state index contributed by atoms with van der Waals surface area (Å²) in [6.07, 6.45) is 1.20. The van der Waals surface area contributed by atoms with Crippen molar-refractivity contribution in [1.29, 1.82) is 0 Å². The number of hydrogen-bond acceptors (Lipinski definition) is 5. The molecule has 4 N–H and O–H groups in total. The number of aromatic nitrogens is 2. The maximum atomic E-state index is 13.0. The van der Waals surface area contributed by atoms with Crippen LogP contribution in [0.3, 0.4) is 0 Å². The number of rotatable bonds is 6. The minimum Gasteiger partial charge on any atom is -0.494 e. The molecule has 1 heterocycles. The van der Waals surface area contributed by atoms with Crippen molar-refractivity contribution in [2.24, 2.45) is 5.73 Å². The van der Waals surface area contributed by atoms with Crippen LogP contribution in [0.25, 0.3) is 0 Å². The van der Waals surface area contributed by atoms with E-state index in [0.717, 1.165) is 0 Å². The molecule has 0 spiro atoms. The number of benzene rings is 2. The van der Waals surface area contributed by atoms with Crippen LogP contribution in [0.2, 0.25) is 0 Å². The molecule has 3 amide bonds. The molecule has 0 saturated carbocycles. The zero-order valence-corrected chi connectivity index (χ0v) is 16.1. The van der Waals surface area contributed by atoms with Crippen LogP contribution < -0.4 is 20.7 Å². The van der Waals surface area contributed by atoms with Gasteiger partial charge in [0.2, 0.25) is 0 Å². The molecule has 0 bridgehead atoms. The fraction of sp³-hybridized carbons (Fsp3) is 0.100. The van der Waals surface area contributed by atoms with Gasteiger partial charge in [0.1, 0.15) is 17.3 Å². The first-order valence-corrected chi connectivity index (χ1v) is 8.68. The molecule has 0 aliphatic rings. The van der Waals surface area contributed by atoms with Crippen LogP contribution in [0.5, 0.6) is 5.75 Å². The number of nitrogens with two attached hydrogens (primary N) is 1. The van der Waals surface area contributed by atoms with Crippen LogP contribution in [-0.2, 0) is 0 Å². The number of anilines is 2. The predicted octanol–water partition coefficient (Wildman–Crippen LogP) is 2.19. The van der Waals surface area contributed by atoms with Gasteiger partial charge in [0.15, 0.2) is 5.69 Å². The van der Waals surface area contributed by atoms with Gasteiger partial charge in [-0.05, 0) is 36.4 Å². The van der Waals surface area contributed by atoms with Gasteiger partial charge in [-0.25, -0.2) is 9.37 Å². The Morgan fingerprint density at radius 1 is 1.17 bits per heavy atom. The number of nitrogens with zero attached hydrogens (tertiary/aromatic N) is 2. The first-order valence-electron chi connectivity index (χ1n) is 8.68. The van der Waals surface area contributed by atoms with E-state index < -0.39 is 23.5 Å². The van der Waals surface area contributed by atoms with Crippen LogP contribution >= 0.6 is 0 Å². The van der Waals surface area contributed by atoms with Crippen molar-refractivity contribution in [3.05, 3.63) is 71.6 Å². The molecule has 0 aliphatic carbocycles. The lowest BCUT2D eigenvalue weighted by Gasteiger charge is -2.19. The Morgan fingerprint density at radius 2 is 1.87 bits per heavy atom. The van der Waals surface area contributed by atoms with E-state index in [0.29, 0.717) is 17.1 Å². The number of halogens is 1. The van der Waals surface area contributed by atoms with Crippen molar-refractivity contribution < 1.29 is 23.5 Å². The zero-order valence-electron chi connectivity index (χ0n) is 16.1. The lowest BCUT2D eigenvalue weighted by molar-refractivity contribution is 0.0958. The van der Waals surface area contributed by atoms with Crippen LogP contribution in [-0.4, -0.2) is 41.8 Å². The average Bonchev–Trinajstić information content (AvgIpc) is 3.23. The number of primary amides is 1. The Bertz CT molecular complexity index is 1110. The fourth-order valence-electron chi connectivity index (χ4n) is 2.71. The van der Waals surface area contributed by atoms with E-state index in [1.165, 1.54) is 55.7 Å². The summed E-state index contributed by atoms with van der Waals surface area (Å²) in [7, 11) is 2.90. The largest absolute Gasteiger partial charge is 0.494 e. The van der Waals surface area contributed by atoms with Crippen LogP contribution in [0.15, 0.2) is 48.8 Å². The number of ether oxygens (including phenoxy) is 1. The number of hydrogen-bond donors (Lipinski definition) is 3. The number of imidazole rings is 1. The summed E-state index contributed by atoms with van der Waals surface area (Å²) in [5.41, 5.74) is 6.09. The van der Waals surface area contributed by atoms with Crippen molar-refractivity contribution in [3.8, 4) is 5.75 Å². The molecule has 154 valence electrons. The minimum atomic E-state index is -0.805. The lowest BCUT2D eigenvalue weighted by Crippen LogP contribution is -2.29. The molecular formula is C20H18FN5O4. The Hall–Kier alpha value is -4.21. The smallest absolute Gasteiger partial charge is 0.279 e. The number of methoxy groups -OCH3 is 1. The van der Waals surface area contributed by atoms with E-state index in [2.05, 4.69) is 15.3 Å². The van der Waals surface area contributed by atoms with Gasteiger partial charge in [0.05, 0.1) is 19.1 Å². The van der Waals surface area contributed by atoms with Crippen molar-refractivity contribution >= 4 is 29.1 Å². The molecule has 0 radical (unpaired) electrons. The number of aromatic amines is 1. The highest BCUT2D eigenvalue weighted by molar-refractivity contribution is 6.11. The number of carbonyl (C=O) groups excluding carboxylic acids is 3. The molecule has 0 aliphatic heterocycles. The highest BCUT2D eigenvalue weighted by Crippen LogP contribution is 2.30. The number of nitrogens with one attached hydrogen (secondary N) is 2. The SMILES string of the molecule is COc1cc(N(C)C(=O)c2nc[nH]c2C(N)=O)ccc1NC(=O)c1ccc(F)cc1. The van der Waals surface area contributed by atoms with Crippen LogP contribution in [0.4, 0.5) is 15.8 Å². The molecule has 10 heteroatoms. The minimum absolute atomic E-state index is 0.0954. The quantitative estimate of drug-likeness (QED) is 0.572. The van der Waals surface area contributed by atoms with Gasteiger partial charge >= 0.3 is 0 Å². The van der Waals surface area contributed by atoms with E-state index in [4.69, 9.17) is 10.5 Å². The van der Waals surface area contributed by atoms with Gasteiger partial charge in [-0.1, -0.05) is 0 Å². The summed E-state index contributed by atoms with van der Waals surface area (Å²) in [5, 5.41) is 2.68. The number of carbonyl (C=O) groups is 3. The second kappa shape index (κ2) is 8.43. The molecule has 30 heavy (non-hydrogen) atoms. The summed E-state index contributed by atoms with van der Waals surface area (Å²) in [5.74, 6) is -1.97. The van der Waals surface area contributed by atoms with Gasteiger partial charge in [-0.15, -0.1) is 0 Å². The monoisotopic (exact) mass is 411 g/mol. The third-order valence-electron chi connectivity index (χ3n) is 4.32. The van der Waals surface area contributed by atoms with Gasteiger partial charge in [-0.3, -0.25) is 14.4 Å².